The van der Waals surface area contributed by atoms with E-state index in [9.17, 15) is 5.11 Å². The molecule has 1 aliphatic carbocycles. The van der Waals surface area contributed by atoms with Crippen LogP contribution in [0.25, 0.3) is 0 Å². The number of hydrogen-bond donors (Lipinski definition) is 2. The Hall–Kier alpha value is -0.120. The van der Waals surface area contributed by atoms with E-state index < -0.39 is 0 Å². The summed E-state index contributed by atoms with van der Waals surface area (Å²) in [6.07, 6.45) is -0.262. The molecule has 1 unspecified atom stereocenters. The lowest BCUT2D eigenvalue weighted by atomic mass is 10.0. The molecule has 1 saturated carbocycles. The van der Waals surface area contributed by atoms with Crippen LogP contribution in [0.3, 0.4) is 0 Å². The average Bonchev–Trinajstić information content (AvgIpc) is 2.63. The minimum Gasteiger partial charge on any atom is -0.390 e. The van der Waals surface area contributed by atoms with Crippen LogP contribution in [0.5, 0.6) is 0 Å². The lowest BCUT2D eigenvalue weighted by molar-refractivity contribution is 0.115. The van der Waals surface area contributed by atoms with Crippen molar-refractivity contribution in [1.29, 1.82) is 0 Å². The topological polar surface area (TPSA) is 35.5 Å². The molecule has 0 saturated heterocycles. The quantitative estimate of drug-likeness (QED) is 0.713. The number of rotatable bonds is 7. The molecule has 102 valence electrons. The van der Waals surface area contributed by atoms with Gasteiger partial charge in [0, 0.05) is 19.1 Å². The monoisotopic (exact) mass is 242 g/mol. The summed E-state index contributed by atoms with van der Waals surface area (Å²) in [6, 6.07) is 0.529. The van der Waals surface area contributed by atoms with Crippen molar-refractivity contribution in [1.82, 2.24) is 10.2 Å². The highest BCUT2D eigenvalue weighted by atomic mass is 16.3. The lowest BCUT2D eigenvalue weighted by Crippen LogP contribution is -2.39. The Kier molecular flexibility index (Phi) is 4.61. The second-order valence-electron chi connectivity index (χ2n) is 6.42. The summed E-state index contributed by atoms with van der Waals surface area (Å²) in [5.74, 6) is 0. The SMILES string of the molecule is CCN(CC)CC(O)CNC1C(C)(C)C1(C)C. The van der Waals surface area contributed by atoms with Crippen LogP contribution < -0.4 is 5.32 Å². The van der Waals surface area contributed by atoms with Crippen LogP contribution in [0.1, 0.15) is 41.5 Å². The molecule has 0 amide bonds. The Morgan fingerprint density at radius 2 is 1.59 bits per heavy atom. The second kappa shape index (κ2) is 5.25. The van der Waals surface area contributed by atoms with Gasteiger partial charge in [-0.1, -0.05) is 41.5 Å². The summed E-state index contributed by atoms with van der Waals surface area (Å²) in [5.41, 5.74) is 0.698. The maximum Gasteiger partial charge on any atom is 0.0791 e. The summed E-state index contributed by atoms with van der Waals surface area (Å²) in [4.78, 5) is 2.26. The van der Waals surface area contributed by atoms with E-state index in [0.29, 0.717) is 23.4 Å². The van der Waals surface area contributed by atoms with Crippen molar-refractivity contribution in [2.45, 2.75) is 53.7 Å². The predicted octanol–water partition coefficient (Wildman–Crippen LogP) is 1.71. The van der Waals surface area contributed by atoms with Crippen LogP contribution in [-0.2, 0) is 0 Å². The second-order valence-corrected chi connectivity index (χ2v) is 6.42. The first-order valence-corrected chi connectivity index (χ1v) is 6.91. The van der Waals surface area contributed by atoms with Crippen molar-refractivity contribution in [3.05, 3.63) is 0 Å². The standard InChI is InChI=1S/C14H30N2O/c1-7-16(8-2)10-11(17)9-15-12-13(3,4)14(12,5)6/h11-12,15,17H,7-10H2,1-6H3. The van der Waals surface area contributed by atoms with Crippen LogP contribution in [0.4, 0.5) is 0 Å². The van der Waals surface area contributed by atoms with Gasteiger partial charge in [-0.2, -0.15) is 0 Å². The van der Waals surface area contributed by atoms with Crippen molar-refractivity contribution >= 4 is 0 Å². The summed E-state index contributed by atoms with van der Waals surface area (Å²) in [6.45, 7) is 16.9. The highest BCUT2D eigenvalue weighted by Crippen LogP contribution is 2.62. The third-order valence-electron chi connectivity index (χ3n) is 4.94. The number of aliphatic hydroxyl groups excluding tert-OH is 1. The summed E-state index contributed by atoms with van der Waals surface area (Å²) < 4.78 is 0. The maximum absolute atomic E-state index is 9.99. The maximum atomic E-state index is 9.99. The van der Waals surface area contributed by atoms with Crippen molar-refractivity contribution < 1.29 is 5.11 Å². The molecule has 0 spiro atoms. The Bertz CT molecular complexity index is 233. The van der Waals surface area contributed by atoms with Gasteiger partial charge in [-0.3, -0.25) is 0 Å². The molecule has 17 heavy (non-hydrogen) atoms. The molecular formula is C14H30N2O. The minimum atomic E-state index is -0.262. The molecule has 0 aromatic heterocycles. The fourth-order valence-corrected chi connectivity index (χ4v) is 2.80. The molecule has 0 bridgehead atoms. The first-order chi connectivity index (χ1) is 7.77. The van der Waals surface area contributed by atoms with Crippen molar-refractivity contribution in [2.75, 3.05) is 26.2 Å². The molecule has 0 aromatic rings. The van der Waals surface area contributed by atoms with Crippen LogP contribution in [0, 0.1) is 10.8 Å². The molecule has 1 fully saturated rings. The molecule has 1 atom stereocenters. The molecule has 3 heteroatoms. The minimum absolute atomic E-state index is 0.262. The van der Waals surface area contributed by atoms with Gasteiger partial charge in [0.2, 0.25) is 0 Å². The molecule has 1 rings (SSSR count). The van der Waals surface area contributed by atoms with Gasteiger partial charge < -0.3 is 15.3 Å². The highest BCUT2D eigenvalue weighted by molar-refractivity contribution is 5.17. The first kappa shape index (κ1) is 14.9. The third-order valence-corrected chi connectivity index (χ3v) is 4.94. The van der Waals surface area contributed by atoms with Crippen LogP contribution >= 0.6 is 0 Å². The smallest absolute Gasteiger partial charge is 0.0791 e. The van der Waals surface area contributed by atoms with E-state index in [2.05, 4.69) is 51.8 Å². The number of likely N-dealkylation sites (N-methyl/N-ethyl adjacent to an activating group) is 1. The number of hydrogen-bond acceptors (Lipinski definition) is 3. The van der Waals surface area contributed by atoms with Gasteiger partial charge in [0.05, 0.1) is 6.10 Å². The van der Waals surface area contributed by atoms with Crippen molar-refractivity contribution in [3.8, 4) is 0 Å². The van der Waals surface area contributed by atoms with Crippen molar-refractivity contribution in [2.24, 2.45) is 10.8 Å². The molecule has 1 aliphatic rings. The van der Waals surface area contributed by atoms with E-state index in [1.165, 1.54) is 0 Å². The molecule has 2 N–H and O–H groups in total. The van der Waals surface area contributed by atoms with Gasteiger partial charge in [-0.15, -0.1) is 0 Å². The van der Waals surface area contributed by atoms with E-state index in [1.54, 1.807) is 0 Å². The summed E-state index contributed by atoms with van der Waals surface area (Å²) in [7, 11) is 0. The lowest BCUT2D eigenvalue weighted by Gasteiger charge is -2.22. The zero-order chi connectivity index (χ0) is 13.3. The largest absolute Gasteiger partial charge is 0.390 e. The van der Waals surface area contributed by atoms with Gasteiger partial charge >= 0.3 is 0 Å². The Morgan fingerprint density at radius 3 is 1.94 bits per heavy atom. The fourth-order valence-electron chi connectivity index (χ4n) is 2.80. The van der Waals surface area contributed by atoms with Crippen LogP contribution in [-0.4, -0.2) is 48.3 Å². The van der Waals surface area contributed by atoms with Crippen molar-refractivity contribution in [3.63, 3.8) is 0 Å². The van der Waals surface area contributed by atoms with Gasteiger partial charge in [-0.05, 0) is 23.9 Å². The Labute approximate surface area is 107 Å². The number of nitrogens with one attached hydrogen (secondary N) is 1. The van der Waals surface area contributed by atoms with Gasteiger partial charge in [-0.25, -0.2) is 0 Å². The zero-order valence-corrected chi connectivity index (χ0v) is 12.4. The Morgan fingerprint density at radius 1 is 1.12 bits per heavy atom. The average molecular weight is 242 g/mol. The van der Waals surface area contributed by atoms with E-state index in [1.807, 2.05) is 0 Å². The van der Waals surface area contributed by atoms with E-state index in [-0.39, 0.29) is 6.10 Å². The molecule has 0 radical (unpaired) electrons. The normalized spacial score (nSPS) is 24.0. The number of nitrogens with zero attached hydrogens (tertiary/aromatic N) is 1. The van der Waals surface area contributed by atoms with Crippen LogP contribution in [0.15, 0.2) is 0 Å². The molecule has 0 aromatic carbocycles. The third kappa shape index (κ3) is 3.01. The summed E-state index contributed by atoms with van der Waals surface area (Å²) >= 11 is 0. The van der Waals surface area contributed by atoms with Crippen LogP contribution in [0.2, 0.25) is 0 Å². The number of aliphatic hydroxyl groups is 1. The summed E-state index contributed by atoms with van der Waals surface area (Å²) in [5, 5.41) is 13.5. The van der Waals surface area contributed by atoms with Gasteiger partial charge in [0.15, 0.2) is 0 Å². The molecule has 0 aliphatic heterocycles. The van der Waals surface area contributed by atoms with E-state index in [0.717, 1.165) is 19.6 Å². The highest BCUT2D eigenvalue weighted by Gasteiger charge is 2.64. The fraction of sp³-hybridized carbons (Fsp3) is 1.00. The molecule has 0 heterocycles. The van der Waals surface area contributed by atoms with E-state index in [4.69, 9.17) is 0 Å². The zero-order valence-electron chi connectivity index (χ0n) is 12.4. The van der Waals surface area contributed by atoms with Gasteiger partial charge in [0.1, 0.15) is 0 Å². The Balaban J connectivity index is 2.28. The molecular weight excluding hydrogens is 212 g/mol. The predicted molar refractivity (Wildman–Crippen MR) is 73.1 cm³/mol. The van der Waals surface area contributed by atoms with Gasteiger partial charge in [0.25, 0.3) is 0 Å². The molecule has 3 nitrogen and oxygen atoms in total. The first-order valence-electron chi connectivity index (χ1n) is 6.91. The van der Waals surface area contributed by atoms with E-state index >= 15 is 0 Å².